The molecule has 36 heavy (non-hydrogen) atoms. The van der Waals surface area contributed by atoms with Gasteiger partial charge in [-0.25, -0.2) is 9.69 Å². The number of carbonyl (C=O) groups excluding carboxylic acids is 3. The third-order valence-electron chi connectivity index (χ3n) is 5.63. The smallest absolute Gasteiger partial charge is 0.335 e. The monoisotopic (exact) mass is 500 g/mol. The number of hydrogen-bond acceptors (Lipinski definition) is 4. The molecule has 7 heteroatoms. The molecule has 1 heterocycles. The SMILES string of the molecule is C=CCc1cc(/C=C2\C(=O)NC(=O)N(c3cc(C)cc(C)c3)C2=O)ccc1OCc1ccc(Cl)cc1. The first-order chi connectivity index (χ1) is 17.2. The standard InChI is InChI=1S/C29H25ClN2O4/c1-4-5-22-15-21(8-11-26(22)36-17-20-6-9-23(30)10-7-20)16-25-27(33)31-29(35)32(28(25)34)24-13-18(2)12-19(3)14-24/h4,6-16H,1,5,17H2,2-3H3,(H,31,33,35)/b25-16+. The fourth-order valence-electron chi connectivity index (χ4n) is 4.03. The van der Waals surface area contributed by atoms with Crippen molar-refractivity contribution in [1.29, 1.82) is 0 Å². The second kappa shape index (κ2) is 10.6. The highest BCUT2D eigenvalue weighted by Crippen LogP contribution is 2.27. The maximum atomic E-state index is 13.3. The lowest BCUT2D eigenvalue weighted by Crippen LogP contribution is -2.54. The average Bonchev–Trinajstić information content (AvgIpc) is 2.82. The highest BCUT2D eigenvalue weighted by molar-refractivity contribution is 6.39. The predicted molar refractivity (Wildman–Crippen MR) is 141 cm³/mol. The molecule has 6 nitrogen and oxygen atoms in total. The van der Waals surface area contributed by atoms with Crippen molar-refractivity contribution in [2.24, 2.45) is 0 Å². The lowest BCUT2D eigenvalue weighted by molar-refractivity contribution is -0.122. The molecule has 0 spiro atoms. The molecule has 0 aliphatic carbocycles. The van der Waals surface area contributed by atoms with E-state index < -0.39 is 17.8 Å². The first-order valence-electron chi connectivity index (χ1n) is 11.4. The summed E-state index contributed by atoms with van der Waals surface area (Å²) in [5.74, 6) is -0.750. The van der Waals surface area contributed by atoms with E-state index in [1.807, 2.05) is 38.1 Å². The maximum absolute atomic E-state index is 13.3. The van der Waals surface area contributed by atoms with E-state index in [9.17, 15) is 14.4 Å². The summed E-state index contributed by atoms with van der Waals surface area (Å²) in [6.45, 7) is 7.92. The molecule has 0 aromatic heterocycles. The van der Waals surface area contributed by atoms with Gasteiger partial charge in [-0.1, -0.05) is 41.9 Å². The van der Waals surface area contributed by atoms with Crippen molar-refractivity contribution >= 4 is 41.2 Å². The van der Waals surface area contributed by atoms with Crippen molar-refractivity contribution in [1.82, 2.24) is 5.32 Å². The van der Waals surface area contributed by atoms with Crippen LogP contribution in [0.2, 0.25) is 5.02 Å². The molecule has 4 rings (SSSR count). The van der Waals surface area contributed by atoms with Gasteiger partial charge in [-0.05, 0) is 90.6 Å². The Labute approximate surface area is 214 Å². The normalized spacial score (nSPS) is 14.7. The van der Waals surface area contributed by atoms with Crippen LogP contribution in [0.1, 0.15) is 27.8 Å². The van der Waals surface area contributed by atoms with E-state index in [1.165, 1.54) is 6.08 Å². The van der Waals surface area contributed by atoms with Gasteiger partial charge < -0.3 is 4.74 Å². The fraction of sp³-hybridized carbons (Fsp3) is 0.138. The second-order valence-electron chi connectivity index (χ2n) is 8.58. The summed E-state index contributed by atoms with van der Waals surface area (Å²) in [4.78, 5) is 39.4. The summed E-state index contributed by atoms with van der Waals surface area (Å²) < 4.78 is 6.00. The van der Waals surface area contributed by atoms with Crippen LogP contribution in [0.15, 0.2) is 78.9 Å². The van der Waals surface area contributed by atoms with E-state index in [0.717, 1.165) is 27.2 Å². The van der Waals surface area contributed by atoms with Crippen LogP contribution in [0.5, 0.6) is 5.75 Å². The summed E-state index contributed by atoms with van der Waals surface area (Å²) >= 11 is 5.95. The zero-order valence-electron chi connectivity index (χ0n) is 20.0. The van der Waals surface area contributed by atoms with Crippen LogP contribution >= 0.6 is 11.6 Å². The minimum Gasteiger partial charge on any atom is -0.489 e. The number of ether oxygens (including phenoxy) is 1. The van der Waals surface area contributed by atoms with Gasteiger partial charge in [-0.15, -0.1) is 6.58 Å². The molecule has 0 bridgehead atoms. The Bertz CT molecular complexity index is 1370. The number of urea groups is 1. The predicted octanol–water partition coefficient (Wildman–Crippen LogP) is 5.93. The van der Waals surface area contributed by atoms with Crippen LogP contribution in [-0.4, -0.2) is 17.8 Å². The van der Waals surface area contributed by atoms with E-state index in [1.54, 1.807) is 42.5 Å². The number of halogens is 1. The van der Waals surface area contributed by atoms with Gasteiger partial charge >= 0.3 is 6.03 Å². The Hall–Kier alpha value is -4.16. The van der Waals surface area contributed by atoms with Crippen molar-refractivity contribution in [3.05, 3.63) is 112 Å². The zero-order chi connectivity index (χ0) is 25.8. The highest BCUT2D eigenvalue weighted by Gasteiger charge is 2.37. The Kier molecular flexibility index (Phi) is 7.36. The third kappa shape index (κ3) is 5.56. The van der Waals surface area contributed by atoms with Gasteiger partial charge in [0, 0.05) is 5.02 Å². The number of benzene rings is 3. The van der Waals surface area contributed by atoms with Crippen LogP contribution in [0.3, 0.4) is 0 Å². The molecule has 1 fully saturated rings. The van der Waals surface area contributed by atoms with Crippen molar-refractivity contribution in [3.8, 4) is 5.75 Å². The number of amides is 4. The van der Waals surface area contributed by atoms with Gasteiger partial charge in [-0.2, -0.15) is 0 Å². The quantitative estimate of drug-likeness (QED) is 0.248. The van der Waals surface area contributed by atoms with Crippen molar-refractivity contribution in [3.63, 3.8) is 0 Å². The van der Waals surface area contributed by atoms with E-state index in [0.29, 0.717) is 35.1 Å². The first-order valence-corrected chi connectivity index (χ1v) is 11.7. The summed E-state index contributed by atoms with van der Waals surface area (Å²) in [6, 6.07) is 17.4. The van der Waals surface area contributed by atoms with Gasteiger partial charge in [0.15, 0.2) is 0 Å². The van der Waals surface area contributed by atoms with Crippen molar-refractivity contribution in [2.45, 2.75) is 26.9 Å². The number of barbiturate groups is 1. The molecule has 1 aliphatic heterocycles. The third-order valence-corrected chi connectivity index (χ3v) is 5.89. The summed E-state index contributed by atoms with van der Waals surface area (Å²) in [5.41, 5.74) is 4.52. The molecule has 3 aromatic rings. The zero-order valence-corrected chi connectivity index (χ0v) is 20.8. The number of rotatable bonds is 7. The van der Waals surface area contributed by atoms with Crippen LogP contribution < -0.4 is 15.0 Å². The van der Waals surface area contributed by atoms with Crippen molar-refractivity contribution in [2.75, 3.05) is 4.90 Å². The number of carbonyl (C=O) groups is 3. The van der Waals surface area contributed by atoms with E-state index in [2.05, 4.69) is 11.9 Å². The molecule has 4 amide bonds. The van der Waals surface area contributed by atoms with Crippen LogP contribution in [0, 0.1) is 13.8 Å². The fourth-order valence-corrected chi connectivity index (χ4v) is 4.15. The highest BCUT2D eigenvalue weighted by atomic mass is 35.5. The number of nitrogens with zero attached hydrogens (tertiary/aromatic N) is 1. The number of allylic oxidation sites excluding steroid dienone is 1. The molecule has 1 aliphatic rings. The first kappa shape index (κ1) is 24.9. The van der Waals surface area contributed by atoms with Crippen molar-refractivity contribution < 1.29 is 19.1 Å². The van der Waals surface area contributed by atoms with E-state index in [-0.39, 0.29) is 5.57 Å². The van der Waals surface area contributed by atoms with E-state index >= 15 is 0 Å². The molecular weight excluding hydrogens is 476 g/mol. The summed E-state index contributed by atoms with van der Waals surface area (Å²) in [5, 5.41) is 2.92. The minimum absolute atomic E-state index is 0.131. The Morgan fingerprint density at radius 2 is 1.67 bits per heavy atom. The summed E-state index contributed by atoms with van der Waals surface area (Å²) in [6.07, 6.45) is 3.76. The Morgan fingerprint density at radius 3 is 2.33 bits per heavy atom. The largest absolute Gasteiger partial charge is 0.489 e. The molecule has 1 saturated heterocycles. The van der Waals surface area contributed by atoms with Gasteiger partial charge in [0.2, 0.25) is 0 Å². The van der Waals surface area contributed by atoms with Crippen LogP contribution in [0.4, 0.5) is 10.5 Å². The number of anilines is 1. The van der Waals surface area contributed by atoms with Crippen LogP contribution in [-0.2, 0) is 22.6 Å². The lowest BCUT2D eigenvalue weighted by atomic mass is 10.0. The maximum Gasteiger partial charge on any atom is 0.335 e. The number of hydrogen-bond donors (Lipinski definition) is 1. The molecule has 3 aromatic carbocycles. The molecule has 0 saturated carbocycles. The second-order valence-corrected chi connectivity index (χ2v) is 9.02. The Balaban J connectivity index is 1.62. The molecule has 182 valence electrons. The lowest BCUT2D eigenvalue weighted by Gasteiger charge is -2.27. The van der Waals surface area contributed by atoms with Gasteiger partial charge in [0.25, 0.3) is 11.8 Å². The molecule has 0 atom stereocenters. The van der Waals surface area contributed by atoms with Gasteiger partial charge in [-0.3, -0.25) is 14.9 Å². The summed E-state index contributed by atoms with van der Waals surface area (Å²) in [7, 11) is 0. The average molecular weight is 501 g/mol. The molecule has 1 N–H and O–H groups in total. The van der Waals surface area contributed by atoms with Gasteiger partial charge in [0.05, 0.1) is 5.69 Å². The number of imide groups is 2. The van der Waals surface area contributed by atoms with Crippen LogP contribution in [0.25, 0.3) is 6.08 Å². The van der Waals surface area contributed by atoms with E-state index in [4.69, 9.17) is 16.3 Å². The topological polar surface area (TPSA) is 75.7 Å². The molecular formula is C29H25ClN2O4. The number of nitrogens with one attached hydrogen (secondary N) is 1. The molecule has 0 radical (unpaired) electrons. The Morgan fingerprint density at radius 1 is 0.972 bits per heavy atom. The minimum atomic E-state index is -0.773. The van der Waals surface area contributed by atoms with Gasteiger partial charge in [0.1, 0.15) is 17.9 Å². The molecule has 0 unspecified atom stereocenters. The number of aryl methyl sites for hydroxylation is 2.